The molecular formula is C22H26N4O2. The van der Waals surface area contributed by atoms with Gasteiger partial charge in [-0.2, -0.15) is 0 Å². The number of aromatic nitrogens is 2. The standard InChI is InChI=1S/C22H26N4O2/c1-4-5-13-25(3)22(28)20-24-19(18-8-6-7-14-26(18)20)21(27)23-15-17-11-9-16(2)10-12-17/h6-12,14H,4-5,13,15H2,1-3H3,(H,23,27). The van der Waals surface area contributed by atoms with E-state index in [1.807, 2.05) is 43.3 Å². The summed E-state index contributed by atoms with van der Waals surface area (Å²) in [5, 5.41) is 2.90. The van der Waals surface area contributed by atoms with Gasteiger partial charge in [0.05, 0.1) is 5.52 Å². The van der Waals surface area contributed by atoms with E-state index in [1.54, 1.807) is 28.6 Å². The lowest BCUT2D eigenvalue weighted by molar-refractivity contribution is 0.0780. The summed E-state index contributed by atoms with van der Waals surface area (Å²) in [6.45, 7) is 5.17. The van der Waals surface area contributed by atoms with Crippen molar-refractivity contribution >= 4 is 17.3 Å². The maximum atomic E-state index is 12.8. The molecule has 0 radical (unpaired) electrons. The molecule has 6 heteroatoms. The molecule has 0 aliphatic rings. The topological polar surface area (TPSA) is 66.7 Å². The molecule has 28 heavy (non-hydrogen) atoms. The lowest BCUT2D eigenvalue weighted by Crippen LogP contribution is -2.29. The van der Waals surface area contributed by atoms with Gasteiger partial charge in [0.2, 0.25) is 5.82 Å². The summed E-state index contributed by atoms with van der Waals surface area (Å²) >= 11 is 0. The predicted molar refractivity (Wildman–Crippen MR) is 109 cm³/mol. The van der Waals surface area contributed by atoms with Crippen LogP contribution in [0.25, 0.3) is 5.52 Å². The molecule has 3 rings (SSSR count). The van der Waals surface area contributed by atoms with Crippen molar-refractivity contribution in [2.24, 2.45) is 0 Å². The van der Waals surface area contributed by atoms with Gasteiger partial charge in [-0.25, -0.2) is 4.98 Å². The van der Waals surface area contributed by atoms with Crippen molar-refractivity contribution in [3.8, 4) is 0 Å². The smallest absolute Gasteiger partial charge is 0.289 e. The quantitative estimate of drug-likeness (QED) is 0.685. The maximum absolute atomic E-state index is 12.8. The van der Waals surface area contributed by atoms with E-state index in [0.29, 0.717) is 18.6 Å². The number of carbonyl (C=O) groups excluding carboxylic acids is 2. The molecule has 0 aliphatic heterocycles. The summed E-state index contributed by atoms with van der Waals surface area (Å²) in [6, 6.07) is 13.5. The van der Waals surface area contributed by atoms with Gasteiger partial charge in [0.1, 0.15) is 0 Å². The maximum Gasteiger partial charge on any atom is 0.289 e. The number of hydrogen-bond acceptors (Lipinski definition) is 3. The SMILES string of the molecule is CCCCN(C)C(=O)c1nc(C(=O)NCc2ccc(C)cc2)c2ccccn12. The first-order valence-electron chi connectivity index (χ1n) is 9.57. The molecule has 1 aromatic carbocycles. The molecule has 1 N–H and O–H groups in total. The first kappa shape index (κ1) is 19.6. The van der Waals surface area contributed by atoms with Crippen LogP contribution in [0.1, 0.15) is 52.0 Å². The van der Waals surface area contributed by atoms with Crippen LogP contribution in [0.15, 0.2) is 48.7 Å². The van der Waals surface area contributed by atoms with Gasteiger partial charge in [0.25, 0.3) is 11.8 Å². The highest BCUT2D eigenvalue weighted by molar-refractivity contribution is 6.02. The number of rotatable bonds is 7. The second-order valence-electron chi connectivity index (χ2n) is 6.99. The summed E-state index contributed by atoms with van der Waals surface area (Å²) in [4.78, 5) is 31.6. The Bertz CT molecular complexity index is 976. The molecule has 2 heterocycles. The average Bonchev–Trinajstić information content (AvgIpc) is 3.10. The number of nitrogens with zero attached hydrogens (tertiary/aromatic N) is 3. The average molecular weight is 378 g/mol. The van der Waals surface area contributed by atoms with E-state index in [-0.39, 0.29) is 23.3 Å². The fraction of sp³-hybridized carbons (Fsp3) is 0.318. The number of benzene rings is 1. The zero-order chi connectivity index (χ0) is 20.1. The van der Waals surface area contributed by atoms with E-state index in [2.05, 4.69) is 17.2 Å². The largest absolute Gasteiger partial charge is 0.347 e. The molecule has 0 saturated heterocycles. The number of pyridine rings is 1. The zero-order valence-electron chi connectivity index (χ0n) is 16.6. The number of nitrogens with one attached hydrogen (secondary N) is 1. The summed E-state index contributed by atoms with van der Waals surface area (Å²) in [5.41, 5.74) is 3.07. The van der Waals surface area contributed by atoms with E-state index in [4.69, 9.17) is 0 Å². The molecule has 0 aliphatic carbocycles. The number of fused-ring (bicyclic) bond motifs is 1. The highest BCUT2D eigenvalue weighted by atomic mass is 16.2. The van der Waals surface area contributed by atoms with Crippen LogP contribution >= 0.6 is 0 Å². The Morgan fingerprint density at radius 1 is 1.14 bits per heavy atom. The summed E-state index contributed by atoms with van der Waals surface area (Å²) in [7, 11) is 1.76. The first-order chi connectivity index (χ1) is 13.5. The summed E-state index contributed by atoms with van der Waals surface area (Å²) in [6.07, 6.45) is 3.70. The van der Waals surface area contributed by atoms with Gasteiger partial charge in [-0.05, 0) is 31.0 Å². The minimum Gasteiger partial charge on any atom is -0.347 e. The molecule has 0 atom stereocenters. The molecule has 0 unspecified atom stereocenters. The number of carbonyl (C=O) groups is 2. The molecular weight excluding hydrogens is 352 g/mol. The lowest BCUT2D eigenvalue weighted by Gasteiger charge is -2.15. The molecule has 0 spiro atoms. The van der Waals surface area contributed by atoms with Crippen LogP contribution in [0.2, 0.25) is 0 Å². The van der Waals surface area contributed by atoms with Crippen molar-refractivity contribution in [3.63, 3.8) is 0 Å². The first-order valence-corrected chi connectivity index (χ1v) is 9.57. The molecule has 146 valence electrons. The van der Waals surface area contributed by atoms with Crippen LogP contribution in [0.4, 0.5) is 0 Å². The van der Waals surface area contributed by atoms with Crippen molar-refractivity contribution in [2.75, 3.05) is 13.6 Å². The number of amides is 2. The highest BCUT2D eigenvalue weighted by Crippen LogP contribution is 2.15. The molecule has 2 amide bonds. The molecule has 6 nitrogen and oxygen atoms in total. The summed E-state index contributed by atoms with van der Waals surface area (Å²) in [5.74, 6) is -0.221. The molecule has 0 fully saturated rings. The van der Waals surface area contributed by atoms with Crippen molar-refractivity contribution in [3.05, 3.63) is 71.3 Å². The Morgan fingerprint density at radius 2 is 1.89 bits per heavy atom. The van der Waals surface area contributed by atoms with E-state index < -0.39 is 0 Å². The second-order valence-corrected chi connectivity index (χ2v) is 6.99. The van der Waals surface area contributed by atoms with Gasteiger partial charge in [0.15, 0.2) is 5.69 Å². The number of imidazole rings is 1. The minimum absolute atomic E-state index is 0.188. The van der Waals surface area contributed by atoms with Gasteiger partial charge < -0.3 is 10.2 Å². The Morgan fingerprint density at radius 3 is 2.61 bits per heavy atom. The van der Waals surface area contributed by atoms with Crippen LogP contribution in [-0.2, 0) is 6.54 Å². The van der Waals surface area contributed by atoms with Crippen LogP contribution < -0.4 is 5.32 Å². The zero-order valence-corrected chi connectivity index (χ0v) is 16.6. The third kappa shape index (κ3) is 4.22. The third-order valence-electron chi connectivity index (χ3n) is 4.72. The number of aryl methyl sites for hydroxylation is 1. The number of unbranched alkanes of at least 4 members (excludes halogenated alkanes) is 1. The lowest BCUT2D eigenvalue weighted by atomic mass is 10.1. The Hall–Kier alpha value is -3.15. The van der Waals surface area contributed by atoms with Gasteiger partial charge >= 0.3 is 0 Å². The van der Waals surface area contributed by atoms with E-state index >= 15 is 0 Å². The number of hydrogen-bond donors (Lipinski definition) is 1. The highest BCUT2D eigenvalue weighted by Gasteiger charge is 2.23. The van der Waals surface area contributed by atoms with E-state index in [1.165, 1.54) is 5.56 Å². The Labute approximate surface area is 165 Å². The van der Waals surface area contributed by atoms with Crippen molar-refractivity contribution in [2.45, 2.75) is 33.2 Å². The van der Waals surface area contributed by atoms with E-state index in [9.17, 15) is 9.59 Å². The molecule has 0 bridgehead atoms. The van der Waals surface area contributed by atoms with Crippen molar-refractivity contribution in [1.29, 1.82) is 0 Å². The monoisotopic (exact) mass is 378 g/mol. The normalized spacial score (nSPS) is 10.8. The Balaban J connectivity index is 1.84. The van der Waals surface area contributed by atoms with Gasteiger partial charge in [-0.3, -0.25) is 14.0 Å². The predicted octanol–water partition coefficient (Wildman–Crippen LogP) is 3.44. The fourth-order valence-electron chi connectivity index (χ4n) is 3.00. The van der Waals surface area contributed by atoms with Crippen LogP contribution in [-0.4, -0.2) is 39.7 Å². The van der Waals surface area contributed by atoms with Gasteiger partial charge in [-0.15, -0.1) is 0 Å². The third-order valence-corrected chi connectivity index (χ3v) is 4.72. The van der Waals surface area contributed by atoms with Crippen LogP contribution in [0, 0.1) is 6.92 Å². The van der Waals surface area contributed by atoms with Crippen LogP contribution in [0.3, 0.4) is 0 Å². The fourth-order valence-corrected chi connectivity index (χ4v) is 3.00. The molecule has 0 saturated carbocycles. The van der Waals surface area contributed by atoms with Crippen molar-refractivity contribution in [1.82, 2.24) is 19.6 Å². The second kappa shape index (κ2) is 8.69. The van der Waals surface area contributed by atoms with Gasteiger partial charge in [0, 0.05) is 26.3 Å². The Kier molecular flexibility index (Phi) is 6.09. The summed E-state index contributed by atoms with van der Waals surface area (Å²) < 4.78 is 1.69. The van der Waals surface area contributed by atoms with Gasteiger partial charge in [-0.1, -0.05) is 49.2 Å². The molecule has 3 aromatic rings. The van der Waals surface area contributed by atoms with E-state index in [0.717, 1.165) is 18.4 Å². The molecule has 2 aromatic heterocycles. The minimum atomic E-state index is -0.292. The van der Waals surface area contributed by atoms with Crippen LogP contribution in [0.5, 0.6) is 0 Å². The van der Waals surface area contributed by atoms with Crippen molar-refractivity contribution < 1.29 is 9.59 Å².